The third-order valence-corrected chi connectivity index (χ3v) is 6.20. The Morgan fingerprint density at radius 2 is 1.85 bits per heavy atom. The fraction of sp³-hybridized carbons (Fsp3) is 0.280. The van der Waals surface area contributed by atoms with Crippen molar-refractivity contribution in [3.05, 3.63) is 84.2 Å². The SMILES string of the molecule is C=C(c1cccnc1-c1ccncn1)N1CCC(C#N)(Cc2cccc(C(F)(F)F)c2F)CC1. The van der Waals surface area contributed by atoms with E-state index >= 15 is 0 Å². The van der Waals surface area contributed by atoms with E-state index in [9.17, 15) is 22.8 Å². The fourth-order valence-electron chi connectivity index (χ4n) is 4.28. The largest absolute Gasteiger partial charge is 0.419 e. The Balaban J connectivity index is 1.52. The minimum absolute atomic E-state index is 0.0847. The Morgan fingerprint density at radius 3 is 2.50 bits per heavy atom. The van der Waals surface area contributed by atoms with Gasteiger partial charge in [0.1, 0.15) is 12.1 Å². The number of halogens is 4. The van der Waals surface area contributed by atoms with Gasteiger partial charge in [-0.3, -0.25) is 4.98 Å². The van der Waals surface area contributed by atoms with E-state index in [1.54, 1.807) is 24.5 Å². The van der Waals surface area contributed by atoms with Crippen LogP contribution < -0.4 is 0 Å². The fourth-order valence-corrected chi connectivity index (χ4v) is 4.28. The summed E-state index contributed by atoms with van der Waals surface area (Å²) in [4.78, 5) is 14.6. The van der Waals surface area contributed by atoms with Gasteiger partial charge in [0.15, 0.2) is 0 Å². The Morgan fingerprint density at radius 1 is 1.09 bits per heavy atom. The van der Waals surface area contributed by atoms with Gasteiger partial charge in [-0.15, -0.1) is 0 Å². The van der Waals surface area contributed by atoms with Crippen LogP contribution in [0.3, 0.4) is 0 Å². The van der Waals surface area contributed by atoms with Gasteiger partial charge in [0.05, 0.1) is 28.4 Å². The molecule has 0 bridgehead atoms. The summed E-state index contributed by atoms with van der Waals surface area (Å²) in [7, 11) is 0. The van der Waals surface area contributed by atoms with E-state index in [0.29, 0.717) is 49.1 Å². The summed E-state index contributed by atoms with van der Waals surface area (Å²) in [6.45, 7) is 5.12. The van der Waals surface area contributed by atoms with Crippen LogP contribution in [0.25, 0.3) is 17.1 Å². The summed E-state index contributed by atoms with van der Waals surface area (Å²) in [5.41, 5.74) is 0.424. The summed E-state index contributed by atoms with van der Waals surface area (Å²) in [5.74, 6) is -1.30. The molecule has 5 nitrogen and oxygen atoms in total. The first-order chi connectivity index (χ1) is 16.2. The second kappa shape index (κ2) is 9.21. The zero-order valence-corrected chi connectivity index (χ0v) is 18.2. The highest BCUT2D eigenvalue weighted by Crippen LogP contribution is 2.40. The molecule has 0 atom stereocenters. The number of aromatic nitrogens is 3. The molecule has 174 valence electrons. The molecule has 1 aromatic carbocycles. The van der Waals surface area contributed by atoms with Crippen LogP contribution in [0.5, 0.6) is 0 Å². The predicted octanol–water partition coefficient (Wildman–Crippen LogP) is 5.52. The molecule has 2 aromatic heterocycles. The number of benzene rings is 1. The van der Waals surface area contributed by atoms with Crippen LogP contribution in [0, 0.1) is 22.6 Å². The van der Waals surface area contributed by atoms with E-state index in [4.69, 9.17) is 0 Å². The standard InChI is InChI=1S/C25H21F4N5/c1-17(19-5-3-10-32-23(19)21-7-11-31-16-33-21)34-12-8-24(15-30,9-13-34)14-18-4-2-6-20(22(18)26)25(27,28)29/h2-7,10-11,16H,1,8-9,12-14H2. The van der Waals surface area contributed by atoms with Crippen molar-refractivity contribution in [1.29, 1.82) is 5.26 Å². The lowest BCUT2D eigenvalue weighted by molar-refractivity contribution is -0.140. The normalized spacial score (nSPS) is 15.6. The molecule has 1 aliphatic heterocycles. The van der Waals surface area contributed by atoms with Crippen LogP contribution in [-0.2, 0) is 12.6 Å². The number of hydrogen-bond acceptors (Lipinski definition) is 5. The van der Waals surface area contributed by atoms with Gasteiger partial charge in [0.25, 0.3) is 0 Å². The lowest BCUT2D eigenvalue weighted by Gasteiger charge is -2.39. The summed E-state index contributed by atoms with van der Waals surface area (Å²) in [6.07, 6.45) is 0.576. The number of pyridine rings is 1. The van der Waals surface area contributed by atoms with E-state index in [0.717, 1.165) is 5.56 Å². The molecule has 0 aliphatic carbocycles. The molecule has 0 spiro atoms. The number of piperidine rings is 1. The lowest BCUT2D eigenvalue weighted by Crippen LogP contribution is -2.39. The number of rotatable bonds is 5. The Bertz CT molecular complexity index is 1230. The minimum Gasteiger partial charge on any atom is -0.371 e. The van der Waals surface area contributed by atoms with Gasteiger partial charge in [-0.1, -0.05) is 18.7 Å². The maximum absolute atomic E-state index is 14.6. The van der Waals surface area contributed by atoms with E-state index in [2.05, 4.69) is 27.6 Å². The zero-order chi connectivity index (χ0) is 24.3. The molecule has 0 amide bonds. The van der Waals surface area contributed by atoms with Crippen molar-refractivity contribution in [3.8, 4) is 17.5 Å². The monoisotopic (exact) mass is 467 g/mol. The van der Waals surface area contributed by atoms with Crippen LogP contribution in [-0.4, -0.2) is 32.9 Å². The van der Waals surface area contributed by atoms with Crippen molar-refractivity contribution in [2.75, 3.05) is 13.1 Å². The summed E-state index contributed by atoms with van der Waals surface area (Å²) < 4.78 is 53.9. The first-order valence-corrected chi connectivity index (χ1v) is 10.7. The van der Waals surface area contributed by atoms with E-state index in [1.165, 1.54) is 18.5 Å². The van der Waals surface area contributed by atoms with Crippen molar-refractivity contribution in [2.45, 2.75) is 25.4 Å². The van der Waals surface area contributed by atoms with Crippen LogP contribution >= 0.6 is 0 Å². The van der Waals surface area contributed by atoms with Crippen LogP contribution in [0.1, 0.15) is 29.5 Å². The van der Waals surface area contributed by atoms with Gasteiger partial charge < -0.3 is 4.90 Å². The molecular formula is C25H21F4N5. The quantitative estimate of drug-likeness (QED) is 0.463. The molecule has 3 heterocycles. The molecule has 0 N–H and O–H groups in total. The van der Waals surface area contributed by atoms with Crippen molar-refractivity contribution >= 4 is 5.70 Å². The van der Waals surface area contributed by atoms with Crippen molar-refractivity contribution in [1.82, 2.24) is 19.9 Å². The molecule has 0 unspecified atom stereocenters. The number of alkyl halides is 3. The molecule has 1 fully saturated rings. The second-order valence-corrected chi connectivity index (χ2v) is 8.27. The smallest absolute Gasteiger partial charge is 0.371 e. The third-order valence-electron chi connectivity index (χ3n) is 6.20. The molecule has 1 aliphatic rings. The number of hydrogen-bond donors (Lipinski definition) is 0. The second-order valence-electron chi connectivity index (χ2n) is 8.27. The van der Waals surface area contributed by atoms with Gasteiger partial charge in [-0.25, -0.2) is 14.4 Å². The van der Waals surface area contributed by atoms with Gasteiger partial charge >= 0.3 is 6.18 Å². The van der Waals surface area contributed by atoms with Crippen LogP contribution in [0.2, 0.25) is 0 Å². The molecule has 9 heteroatoms. The summed E-state index contributed by atoms with van der Waals surface area (Å²) >= 11 is 0. The molecule has 3 aromatic rings. The Labute approximate surface area is 194 Å². The summed E-state index contributed by atoms with van der Waals surface area (Å²) in [5, 5.41) is 9.90. The summed E-state index contributed by atoms with van der Waals surface area (Å²) in [6, 6.07) is 10.9. The average molecular weight is 467 g/mol. The highest BCUT2D eigenvalue weighted by atomic mass is 19.4. The minimum atomic E-state index is -4.79. The van der Waals surface area contributed by atoms with Crippen molar-refractivity contribution in [2.24, 2.45) is 5.41 Å². The van der Waals surface area contributed by atoms with Gasteiger partial charge in [-0.2, -0.15) is 18.4 Å². The van der Waals surface area contributed by atoms with Crippen LogP contribution in [0.4, 0.5) is 17.6 Å². The number of likely N-dealkylation sites (tertiary alicyclic amines) is 1. The highest BCUT2D eigenvalue weighted by molar-refractivity contribution is 5.75. The maximum atomic E-state index is 14.6. The molecular weight excluding hydrogens is 446 g/mol. The van der Waals surface area contributed by atoms with Gasteiger partial charge in [0.2, 0.25) is 0 Å². The van der Waals surface area contributed by atoms with Gasteiger partial charge in [-0.05, 0) is 49.1 Å². The van der Waals surface area contributed by atoms with E-state index < -0.39 is 23.0 Å². The number of nitrogens with zero attached hydrogens (tertiary/aromatic N) is 5. The maximum Gasteiger partial charge on any atom is 0.419 e. The van der Waals surface area contributed by atoms with Crippen LogP contribution in [0.15, 0.2) is 61.7 Å². The highest BCUT2D eigenvalue weighted by Gasteiger charge is 2.39. The predicted molar refractivity (Wildman–Crippen MR) is 118 cm³/mol. The molecule has 4 rings (SSSR count). The topological polar surface area (TPSA) is 65.7 Å². The molecule has 1 saturated heterocycles. The van der Waals surface area contributed by atoms with E-state index in [-0.39, 0.29) is 12.0 Å². The van der Waals surface area contributed by atoms with Crippen molar-refractivity contribution < 1.29 is 17.6 Å². The molecule has 0 saturated carbocycles. The third kappa shape index (κ3) is 4.62. The molecule has 0 radical (unpaired) electrons. The zero-order valence-electron chi connectivity index (χ0n) is 18.2. The Hall–Kier alpha value is -3.80. The number of nitriles is 1. The van der Waals surface area contributed by atoms with Crippen molar-refractivity contribution in [3.63, 3.8) is 0 Å². The molecule has 34 heavy (non-hydrogen) atoms. The first-order valence-electron chi connectivity index (χ1n) is 10.7. The average Bonchev–Trinajstić information content (AvgIpc) is 2.85. The Kier molecular flexibility index (Phi) is 6.33. The lowest BCUT2D eigenvalue weighted by atomic mass is 9.74. The van der Waals surface area contributed by atoms with E-state index in [1.807, 2.05) is 11.0 Å². The first kappa shape index (κ1) is 23.4. The van der Waals surface area contributed by atoms with Gasteiger partial charge in [0, 0.05) is 36.7 Å².